The maximum absolute atomic E-state index is 11.8. The molecule has 0 aliphatic rings. The van der Waals surface area contributed by atoms with Gasteiger partial charge in [-0.1, -0.05) is 0 Å². The fraction of sp³-hybridized carbons (Fsp3) is 0.850. The van der Waals surface area contributed by atoms with Crippen molar-refractivity contribution in [1.82, 2.24) is 0 Å². The second kappa shape index (κ2) is 13.6. The third kappa shape index (κ3) is 8.74. The monoisotopic (exact) mass is 416 g/mol. The van der Waals surface area contributed by atoms with Gasteiger partial charge in [0.2, 0.25) is 0 Å². The molecule has 0 radical (unpaired) electrons. The van der Waals surface area contributed by atoms with E-state index in [0.717, 1.165) is 0 Å². The number of hydrogen-bond donors (Lipinski definition) is 0. The van der Waals surface area contributed by atoms with Crippen LogP contribution < -0.4 is 0 Å². The van der Waals surface area contributed by atoms with Crippen LogP contribution >= 0.6 is 0 Å². The summed E-state index contributed by atoms with van der Waals surface area (Å²) in [7, 11) is 0. The molecule has 1 nitrogen and oxygen atoms in total. The van der Waals surface area contributed by atoms with Crippen LogP contribution in [0.1, 0.15) is 92.4 Å². The van der Waals surface area contributed by atoms with E-state index in [-0.39, 0.29) is 5.78 Å². The predicted octanol–water partition coefficient (Wildman–Crippen LogP) is 7.08. The molecule has 0 aliphatic heterocycles. The Hall–Kier alpha value is 0.209. The molecule has 0 amide bonds. The molecule has 2 heteroatoms. The van der Waals surface area contributed by atoms with E-state index in [1.807, 2.05) is 0 Å². The summed E-state index contributed by atoms with van der Waals surface area (Å²) in [6, 6.07) is 0. The summed E-state index contributed by atoms with van der Waals surface area (Å²) < 4.78 is 6.12. The number of carbonyl (C=O) groups excluding carboxylic acids is 1. The van der Waals surface area contributed by atoms with E-state index in [0.29, 0.717) is 0 Å². The van der Waals surface area contributed by atoms with Gasteiger partial charge in [-0.05, 0) is 0 Å². The molecule has 0 aliphatic carbocycles. The first-order valence-corrected chi connectivity index (χ1v) is 17.3. The van der Waals surface area contributed by atoms with Gasteiger partial charge in [-0.15, -0.1) is 0 Å². The Morgan fingerprint density at radius 1 is 0.773 bits per heavy atom. The van der Waals surface area contributed by atoms with Crippen LogP contribution in [0.5, 0.6) is 0 Å². The quantitative estimate of drug-likeness (QED) is 0.219. The molecule has 0 spiro atoms. The third-order valence-corrected chi connectivity index (χ3v) is 21.1. The Kier molecular flexibility index (Phi) is 13.8. The molecule has 0 N–H and O–H groups in total. The number of unbranched alkanes of at least 4 members (excludes halogenated alkanes) is 4. The first-order valence-electron chi connectivity index (χ1n) is 9.77. The van der Waals surface area contributed by atoms with Crippen LogP contribution in [0.3, 0.4) is 0 Å². The molecule has 130 valence electrons. The van der Waals surface area contributed by atoms with Crippen molar-refractivity contribution in [3.8, 4) is 0 Å². The maximum atomic E-state index is 11.8. The van der Waals surface area contributed by atoms with Gasteiger partial charge >= 0.3 is 144 Å². The van der Waals surface area contributed by atoms with Crippen molar-refractivity contribution in [3.63, 3.8) is 0 Å². The van der Waals surface area contributed by atoms with Gasteiger partial charge in [-0.25, -0.2) is 0 Å². The molecule has 0 atom stereocenters. The van der Waals surface area contributed by atoms with Gasteiger partial charge in [0.1, 0.15) is 0 Å². The van der Waals surface area contributed by atoms with E-state index in [1.54, 1.807) is 10.5 Å². The number of hydrogen-bond acceptors (Lipinski definition) is 1. The number of ketones is 1. The molecule has 0 aromatic carbocycles. The molecule has 0 heterocycles. The van der Waals surface area contributed by atoms with Crippen molar-refractivity contribution >= 4 is 24.2 Å². The third-order valence-electron chi connectivity index (χ3n) is 4.88. The van der Waals surface area contributed by atoms with Crippen LogP contribution in [0.15, 0.2) is 9.67 Å². The molecule has 0 unspecified atom stereocenters. The summed E-state index contributed by atoms with van der Waals surface area (Å²) in [5, 5.41) is 0. The molecule has 0 fully saturated rings. The Morgan fingerprint density at radius 2 is 1.18 bits per heavy atom. The Balaban J connectivity index is 5.48. The van der Waals surface area contributed by atoms with Crippen molar-refractivity contribution in [3.05, 3.63) is 9.67 Å². The number of carbonyl (C=O) groups is 1. The average molecular weight is 415 g/mol. The van der Waals surface area contributed by atoms with Crippen LogP contribution in [0.2, 0.25) is 13.3 Å². The van der Waals surface area contributed by atoms with E-state index >= 15 is 0 Å². The zero-order valence-corrected chi connectivity index (χ0v) is 18.8. The zero-order chi connectivity index (χ0) is 16.8. The fourth-order valence-corrected chi connectivity index (χ4v) is 20.7. The standard InChI is InChI=1S/C8H13O.3C4H9.Sn/c1-3-4-5-6-7-8(2)9;3*1-3-4-2;/h7H,3-5H2,1-2H3;3*1,3-4H2,2H3;. The van der Waals surface area contributed by atoms with Gasteiger partial charge in [0.15, 0.2) is 0 Å². The first-order chi connectivity index (χ1) is 10.6. The van der Waals surface area contributed by atoms with Crippen LogP contribution in [0, 0.1) is 0 Å². The second-order valence-electron chi connectivity index (χ2n) is 6.97. The van der Waals surface area contributed by atoms with E-state index in [2.05, 4.69) is 33.8 Å². The predicted molar refractivity (Wildman–Crippen MR) is 103 cm³/mol. The summed E-state index contributed by atoms with van der Waals surface area (Å²) in [5.74, 6) is 0.289. The van der Waals surface area contributed by atoms with E-state index in [9.17, 15) is 4.79 Å². The molecule has 0 aromatic rings. The topological polar surface area (TPSA) is 17.1 Å². The van der Waals surface area contributed by atoms with Crippen LogP contribution in [-0.2, 0) is 4.79 Å². The minimum atomic E-state index is -2.34. The Labute approximate surface area is 144 Å². The van der Waals surface area contributed by atoms with Gasteiger partial charge in [-0.2, -0.15) is 0 Å². The Morgan fingerprint density at radius 3 is 1.50 bits per heavy atom. The van der Waals surface area contributed by atoms with Crippen molar-refractivity contribution in [2.24, 2.45) is 0 Å². The van der Waals surface area contributed by atoms with Crippen molar-refractivity contribution in [2.45, 2.75) is 106 Å². The Bertz CT molecular complexity index is 298. The molecule has 0 saturated carbocycles. The summed E-state index contributed by atoms with van der Waals surface area (Å²) in [4.78, 5) is 11.8. The SMILES string of the molecule is CCCC/[C](=C/C(C)=O)[Sn]([CH2]CCC)([CH2]CCC)[CH2]CCC. The number of rotatable bonds is 14. The van der Waals surface area contributed by atoms with Crippen molar-refractivity contribution in [2.75, 3.05) is 0 Å². The second-order valence-corrected chi connectivity index (χ2v) is 20.4. The molecular formula is C20H40OSn. The zero-order valence-electron chi connectivity index (χ0n) is 16.0. The van der Waals surface area contributed by atoms with Crippen molar-refractivity contribution < 1.29 is 4.79 Å². The van der Waals surface area contributed by atoms with Crippen LogP contribution in [0.25, 0.3) is 0 Å². The average Bonchev–Trinajstić information content (AvgIpc) is 2.51. The number of allylic oxidation sites excluding steroid dienone is 2. The molecule has 22 heavy (non-hydrogen) atoms. The van der Waals surface area contributed by atoms with Gasteiger partial charge in [0.05, 0.1) is 0 Å². The first kappa shape index (κ1) is 22.2. The molecule has 0 aromatic heterocycles. The summed E-state index contributed by atoms with van der Waals surface area (Å²) in [6.45, 7) is 11.0. The van der Waals surface area contributed by atoms with Gasteiger partial charge < -0.3 is 0 Å². The van der Waals surface area contributed by atoms with Crippen molar-refractivity contribution in [1.29, 1.82) is 0 Å². The van der Waals surface area contributed by atoms with Gasteiger partial charge in [0, 0.05) is 0 Å². The minimum absolute atomic E-state index is 0.289. The summed E-state index contributed by atoms with van der Waals surface area (Å²) >= 11 is -2.34. The van der Waals surface area contributed by atoms with E-state index in [1.165, 1.54) is 71.1 Å². The normalized spacial score (nSPS) is 12.7. The summed E-state index contributed by atoms with van der Waals surface area (Å²) in [5.41, 5.74) is 0. The van der Waals surface area contributed by atoms with Crippen LogP contribution in [0.4, 0.5) is 0 Å². The van der Waals surface area contributed by atoms with Gasteiger partial charge in [0.25, 0.3) is 0 Å². The molecule has 0 bridgehead atoms. The van der Waals surface area contributed by atoms with Crippen LogP contribution in [-0.4, -0.2) is 24.2 Å². The molecular weight excluding hydrogens is 375 g/mol. The molecule has 0 saturated heterocycles. The van der Waals surface area contributed by atoms with Gasteiger partial charge in [-0.3, -0.25) is 0 Å². The fourth-order valence-electron chi connectivity index (χ4n) is 3.51. The van der Waals surface area contributed by atoms with E-state index < -0.39 is 18.4 Å². The summed E-state index contributed by atoms with van der Waals surface area (Å²) in [6.07, 6.45) is 13.9. The molecule has 0 rings (SSSR count). The van der Waals surface area contributed by atoms with E-state index in [4.69, 9.17) is 0 Å².